The van der Waals surface area contributed by atoms with Gasteiger partial charge in [0.15, 0.2) is 6.17 Å². The summed E-state index contributed by atoms with van der Waals surface area (Å²) in [5.74, 6) is 0. The first-order chi connectivity index (χ1) is 8.66. The summed E-state index contributed by atoms with van der Waals surface area (Å²) >= 11 is 0. The van der Waals surface area contributed by atoms with E-state index in [-0.39, 0.29) is 18.4 Å². The summed E-state index contributed by atoms with van der Waals surface area (Å²) in [6.07, 6.45) is 5.12. The van der Waals surface area contributed by atoms with Gasteiger partial charge in [0.2, 0.25) is 16.1 Å². The average molecular weight is 274 g/mol. The van der Waals surface area contributed by atoms with E-state index in [1.807, 2.05) is 0 Å². The van der Waals surface area contributed by atoms with Crippen molar-refractivity contribution in [3.63, 3.8) is 0 Å². The summed E-state index contributed by atoms with van der Waals surface area (Å²) in [4.78, 5) is 13.9. The Kier molecular flexibility index (Phi) is 4.50. The molecular formula is C11H18N2O4S. The van der Waals surface area contributed by atoms with Gasteiger partial charge in [0.05, 0.1) is 18.5 Å². The molecule has 1 saturated heterocycles. The molecule has 0 spiro atoms. The Labute approximate surface area is 107 Å². The molecule has 0 bridgehead atoms. The molecule has 1 aliphatic heterocycles. The number of nitrogens with zero attached hydrogens (tertiary/aromatic N) is 2. The van der Waals surface area contributed by atoms with Gasteiger partial charge in [-0.1, -0.05) is 19.3 Å². The normalized spacial score (nSPS) is 27.7. The van der Waals surface area contributed by atoms with Crippen molar-refractivity contribution in [1.82, 2.24) is 4.31 Å². The maximum absolute atomic E-state index is 12.5. The Morgan fingerprint density at radius 2 is 1.94 bits per heavy atom. The molecule has 102 valence electrons. The van der Waals surface area contributed by atoms with Crippen molar-refractivity contribution in [2.45, 2.75) is 43.5 Å². The minimum atomic E-state index is -3.38. The molecule has 1 aliphatic carbocycles. The van der Waals surface area contributed by atoms with E-state index < -0.39 is 16.2 Å². The highest BCUT2D eigenvalue weighted by atomic mass is 32.2. The fourth-order valence-electron chi connectivity index (χ4n) is 2.59. The van der Waals surface area contributed by atoms with E-state index in [0.717, 1.165) is 19.3 Å². The van der Waals surface area contributed by atoms with Crippen LogP contribution < -0.4 is 0 Å². The lowest BCUT2D eigenvalue weighted by molar-refractivity contribution is 0.0352. The molecule has 0 amide bonds. The Morgan fingerprint density at radius 3 is 2.61 bits per heavy atom. The van der Waals surface area contributed by atoms with E-state index in [0.29, 0.717) is 19.4 Å². The topological polar surface area (TPSA) is 76.0 Å². The van der Waals surface area contributed by atoms with Gasteiger partial charge in [-0.15, -0.1) is 0 Å². The van der Waals surface area contributed by atoms with Crippen LogP contribution in [0, 0.1) is 0 Å². The van der Waals surface area contributed by atoms with Gasteiger partial charge in [-0.25, -0.2) is 13.2 Å². The quantitative estimate of drug-likeness (QED) is 0.559. The Bertz CT molecular complexity index is 424. The lowest BCUT2D eigenvalue weighted by atomic mass is 10.0. The second-order valence-corrected chi connectivity index (χ2v) is 6.86. The molecule has 0 aromatic heterocycles. The number of ether oxygens (including phenoxy) is 1. The third-order valence-corrected chi connectivity index (χ3v) is 5.95. The summed E-state index contributed by atoms with van der Waals surface area (Å²) in [7, 11) is -3.38. The summed E-state index contributed by atoms with van der Waals surface area (Å²) in [5, 5.41) is -0.325. The highest BCUT2D eigenvalue weighted by molar-refractivity contribution is 7.89. The van der Waals surface area contributed by atoms with Crippen LogP contribution in [0.5, 0.6) is 0 Å². The predicted octanol–water partition coefficient (Wildman–Crippen LogP) is 0.643. The average Bonchev–Trinajstić information content (AvgIpc) is 2.41. The van der Waals surface area contributed by atoms with E-state index in [4.69, 9.17) is 4.74 Å². The molecular weight excluding hydrogens is 256 g/mol. The van der Waals surface area contributed by atoms with E-state index >= 15 is 0 Å². The molecule has 1 unspecified atom stereocenters. The minimum Gasteiger partial charge on any atom is -0.376 e. The van der Waals surface area contributed by atoms with Gasteiger partial charge < -0.3 is 4.74 Å². The zero-order valence-electron chi connectivity index (χ0n) is 10.2. The summed E-state index contributed by atoms with van der Waals surface area (Å²) in [6, 6.07) is 0. The molecule has 0 radical (unpaired) electrons. The number of isocyanates is 1. The van der Waals surface area contributed by atoms with Crippen molar-refractivity contribution in [2.75, 3.05) is 19.8 Å². The first-order valence-electron chi connectivity index (χ1n) is 6.31. The number of sulfonamides is 1. The monoisotopic (exact) mass is 274 g/mol. The molecule has 0 N–H and O–H groups in total. The molecule has 0 aromatic carbocycles. The Hall–Kier alpha value is -0.750. The van der Waals surface area contributed by atoms with Gasteiger partial charge >= 0.3 is 0 Å². The standard InChI is InChI=1S/C11H18N2O4S/c14-9-12-11-8-17-7-6-13(11)18(15,16)10-4-2-1-3-5-10/h10-11H,1-8H2. The fraction of sp³-hybridized carbons (Fsp3) is 0.909. The number of aliphatic imine (C=N–C) groups is 1. The summed E-state index contributed by atoms with van der Waals surface area (Å²) in [6.45, 7) is 0.771. The molecule has 6 nitrogen and oxygen atoms in total. The van der Waals surface area contributed by atoms with Crippen LogP contribution in [0.15, 0.2) is 4.99 Å². The van der Waals surface area contributed by atoms with Crippen molar-refractivity contribution in [2.24, 2.45) is 4.99 Å². The van der Waals surface area contributed by atoms with Crippen molar-refractivity contribution in [1.29, 1.82) is 0 Å². The Morgan fingerprint density at radius 1 is 1.22 bits per heavy atom. The fourth-order valence-corrected chi connectivity index (χ4v) is 4.68. The van der Waals surface area contributed by atoms with Crippen LogP contribution in [0.25, 0.3) is 0 Å². The molecule has 7 heteroatoms. The van der Waals surface area contributed by atoms with E-state index in [9.17, 15) is 13.2 Å². The van der Waals surface area contributed by atoms with Crippen LogP contribution in [0.1, 0.15) is 32.1 Å². The van der Waals surface area contributed by atoms with Crippen molar-refractivity contribution in [3.05, 3.63) is 0 Å². The molecule has 1 saturated carbocycles. The smallest absolute Gasteiger partial charge is 0.236 e. The molecule has 1 heterocycles. The van der Waals surface area contributed by atoms with E-state index in [1.165, 1.54) is 10.4 Å². The van der Waals surface area contributed by atoms with Gasteiger partial charge in [-0.2, -0.15) is 9.30 Å². The van der Waals surface area contributed by atoms with Gasteiger partial charge in [0, 0.05) is 6.54 Å². The largest absolute Gasteiger partial charge is 0.376 e. The minimum absolute atomic E-state index is 0.140. The molecule has 18 heavy (non-hydrogen) atoms. The molecule has 1 atom stereocenters. The third-order valence-electron chi connectivity index (χ3n) is 3.56. The zero-order chi connectivity index (χ0) is 13.0. The zero-order valence-corrected chi connectivity index (χ0v) is 11.1. The van der Waals surface area contributed by atoms with E-state index in [2.05, 4.69) is 4.99 Å². The lowest BCUT2D eigenvalue weighted by Gasteiger charge is -2.35. The van der Waals surface area contributed by atoms with Crippen LogP contribution in [-0.4, -0.2) is 50.0 Å². The highest BCUT2D eigenvalue weighted by Crippen LogP contribution is 2.28. The molecule has 2 aliphatic rings. The third kappa shape index (κ3) is 2.80. The lowest BCUT2D eigenvalue weighted by Crippen LogP contribution is -2.51. The summed E-state index contributed by atoms with van der Waals surface area (Å²) in [5.41, 5.74) is 0. The summed E-state index contributed by atoms with van der Waals surface area (Å²) < 4.78 is 31.5. The van der Waals surface area contributed by atoms with Crippen LogP contribution in [0.4, 0.5) is 0 Å². The number of morpholine rings is 1. The highest BCUT2D eigenvalue weighted by Gasteiger charge is 2.38. The van der Waals surface area contributed by atoms with Gasteiger partial charge in [-0.05, 0) is 12.8 Å². The van der Waals surface area contributed by atoms with Gasteiger partial charge in [0.1, 0.15) is 0 Å². The second kappa shape index (κ2) is 5.93. The maximum Gasteiger partial charge on any atom is 0.236 e. The predicted molar refractivity (Wildman–Crippen MR) is 65.2 cm³/mol. The number of rotatable bonds is 3. The van der Waals surface area contributed by atoms with Crippen LogP contribution in [0.3, 0.4) is 0 Å². The van der Waals surface area contributed by atoms with Crippen LogP contribution in [-0.2, 0) is 19.6 Å². The SMILES string of the molecule is O=C=NC1COCCN1S(=O)(=O)C1CCCCC1. The van der Waals surface area contributed by atoms with Crippen molar-refractivity contribution >= 4 is 16.1 Å². The number of hydrogen-bond donors (Lipinski definition) is 0. The molecule has 0 aromatic rings. The van der Waals surface area contributed by atoms with Gasteiger partial charge in [-0.3, -0.25) is 0 Å². The first-order valence-corrected chi connectivity index (χ1v) is 7.82. The Balaban J connectivity index is 2.17. The molecule has 2 fully saturated rings. The van der Waals surface area contributed by atoms with Crippen LogP contribution >= 0.6 is 0 Å². The van der Waals surface area contributed by atoms with Crippen molar-refractivity contribution in [3.8, 4) is 0 Å². The molecule has 2 rings (SSSR count). The van der Waals surface area contributed by atoms with E-state index in [1.54, 1.807) is 0 Å². The number of hydrogen-bond acceptors (Lipinski definition) is 5. The number of carbonyl (C=O) groups excluding carboxylic acids is 1. The first kappa shape index (κ1) is 13.7. The van der Waals surface area contributed by atoms with Crippen LogP contribution in [0.2, 0.25) is 0 Å². The second-order valence-electron chi connectivity index (χ2n) is 4.69. The maximum atomic E-state index is 12.5. The van der Waals surface area contributed by atoms with Crippen molar-refractivity contribution < 1.29 is 17.9 Å². The van der Waals surface area contributed by atoms with Gasteiger partial charge in [0.25, 0.3) is 0 Å².